The molecule has 0 spiro atoms. The van der Waals surface area contributed by atoms with E-state index >= 15 is 0 Å². The quantitative estimate of drug-likeness (QED) is 0.650. The van der Waals surface area contributed by atoms with E-state index in [1.807, 2.05) is 26.0 Å². The van der Waals surface area contributed by atoms with Crippen LogP contribution in [0.4, 0.5) is 15.8 Å². The number of alkyl halides is 1. The van der Waals surface area contributed by atoms with Gasteiger partial charge in [-0.05, 0) is 26.0 Å². The highest BCUT2D eigenvalue weighted by molar-refractivity contribution is 6.09. The summed E-state index contributed by atoms with van der Waals surface area (Å²) in [5.41, 5.74) is 7.38. The molecular weight excluding hydrogens is 411 g/mol. The van der Waals surface area contributed by atoms with Crippen LogP contribution in [0.1, 0.15) is 42.6 Å². The fourth-order valence-electron chi connectivity index (χ4n) is 4.53. The number of halogens is 1. The Morgan fingerprint density at radius 1 is 1.31 bits per heavy atom. The summed E-state index contributed by atoms with van der Waals surface area (Å²) in [5, 5.41) is 7.25. The normalized spacial score (nSPS) is 18.9. The highest BCUT2D eigenvalue weighted by Gasteiger charge is 2.36. The molecule has 5 rings (SSSR count). The molecular formula is C23H27FN6O2. The van der Waals surface area contributed by atoms with E-state index in [-0.39, 0.29) is 18.1 Å². The van der Waals surface area contributed by atoms with Gasteiger partial charge in [0.15, 0.2) is 5.65 Å². The molecule has 2 aromatic heterocycles. The molecule has 1 amide bonds. The number of anilines is 2. The summed E-state index contributed by atoms with van der Waals surface area (Å²) in [7, 11) is 0. The van der Waals surface area contributed by atoms with Crippen molar-refractivity contribution in [2.45, 2.75) is 44.4 Å². The van der Waals surface area contributed by atoms with Gasteiger partial charge in [-0.1, -0.05) is 0 Å². The second-order valence-corrected chi connectivity index (χ2v) is 9.26. The minimum Gasteiger partial charge on any atom is -0.487 e. The number of carbonyl (C=O) groups excluding carboxylic acids is 1. The molecule has 0 bridgehead atoms. The van der Waals surface area contributed by atoms with E-state index in [1.54, 1.807) is 23.0 Å². The Morgan fingerprint density at radius 2 is 2.09 bits per heavy atom. The first-order valence-corrected chi connectivity index (χ1v) is 10.9. The Kier molecular flexibility index (Phi) is 4.81. The molecule has 2 aliphatic heterocycles. The van der Waals surface area contributed by atoms with Crippen LogP contribution in [-0.2, 0) is 6.42 Å². The molecule has 0 aliphatic carbocycles. The first-order valence-electron chi connectivity index (χ1n) is 10.9. The number of nitrogens with one attached hydrogen (secondary N) is 1. The number of hydrogen-bond acceptors (Lipinski definition) is 6. The fourth-order valence-corrected chi connectivity index (χ4v) is 4.53. The highest BCUT2D eigenvalue weighted by atomic mass is 19.1. The molecule has 1 aromatic carbocycles. The predicted molar refractivity (Wildman–Crippen MR) is 120 cm³/mol. The molecule has 8 nitrogen and oxygen atoms in total. The van der Waals surface area contributed by atoms with E-state index in [0.29, 0.717) is 42.8 Å². The van der Waals surface area contributed by atoms with E-state index in [0.717, 1.165) is 23.4 Å². The molecule has 1 fully saturated rings. The van der Waals surface area contributed by atoms with Crippen LogP contribution in [0.15, 0.2) is 36.8 Å². The van der Waals surface area contributed by atoms with Gasteiger partial charge in [-0.2, -0.15) is 5.10 Å². The lowest BCUT2D eigenvalue weighted by molar-refractivity contribution is 0.102. The zero-order chi connectivity index (χ0) is 22.5. The summed E-state index contributed by atoms with van der Waals surface area (Å²) in [6.45, 7) is 5.12. The van der Waals surface area contributed by atoms with Gasteiger partial charge in [0.05, 0.1) is 17.6 Å². The van der Waals surface area contributed by atoms with Crippen molar-refractivity contribution < 1.29 is 13.9 Å². The van der Waals surface area contributed by atoms with Crippen molar-refractivity contribution in [1.29, 1.82) is 0 Å². The van der Waals surface area contributed by atoms with E-state index in [2.05, 4.69) is 20.3 Å². The fraction of sp³-hybridized carbons (Fsp3) is 0.435. The van der Waals surface area contributed by atoms with Gasteiger partial charge < -0.3 is 20.7 Å². The van der Waals surface area contributed by atoms with Gasteiger partial charge in [-0.3, -0.25) is 4.79 Å². The topological polar surface area (TPSA) is 97.8 Å². The van der Waals surface area contributed by atoms with Crippen LogP contribution < -0.4 is 20.7 Å². The summed E-state index contributed by atoms with van der Waals surface area (Å²) in [6, 6.07) is 5.68. The van der Waals surface area contributed by atoms with Crippen molar-refractivity contribution >= 4 is 22.9 Å². The number of aromatic nitrogens is 3. The van der Waals surface area contributed by atoms with Crippen LogP contribution in [0.3, 0.4) is 0 Å². The standard InChI is InChI=1S/C23H27FN6O2/c1-22(2)12-15-10-17(28-21(31)16-13-27-30-7-3-6-26-20(16)30)18(11-19(15)32-22)29-8-4-23(24,14-25)5-9-29/h3,6-7,10-11,13H,4-5,8-9,12,14,25H2,1-2H3,(H,28,31). The Morgan fingerprint density at radius 3 is 2.84 bits per heavy atom. The number of benzene rings is 1. The third-order valence-electron chi connectivity index (χ3n) is 6.32. The molecule has 3 aromatic rings. The van der Waals surface area contributed by atoms with Gasteiger partial charge in [-0.25, -0.2) is 13.9 Å². The molecule has 1 saturated heterocycles. The molecule has 0 unspecified atom stereocenters. The molecule has 4 heterocycles. The third kappa shape index (κ3) is 3.66. The van der Waals surface area contributed by atoms with Gasteiger partial charge in [0.1, 0.15) is 22.6 Å². The molecule has 0 atom stereocenters. The zero-order valence-electron chi connectivity index (χ0n) is 18.3. The second kappa shape index (κ2) is 7.44. The van der Waals surface area contributed by atoms with Crippen LogP contribution in [0.25, 0.3) is 5.65 Å². The highest BCUT2D eigenvalue weighted by Crippen LogP contribution is 2.43. The Bertz CT molecular complexity index is 1180. The summed E-state index contributed by atoms with van der Waals surface area (Å²) >= 11 is 0. The molecule has 3 N–H and O–H groups in total. The molecule has 168 valence electrons. The smallest absolute Gasteiger partial charge is 0.261 e. The molecule has 9 heteroatoms. The zero-order valence-corrected chi connectivity index (χ0v) is 18.3. The van der Waals surface area contributed by atoms with Gasteiger partial charge >= 0.3 is 0 Å². The van der Waals surface area contributed by atoms with Crippen molar-refractivity contribution in [3.05, 3.63) is 47.9 Å². The summed E-state index contributed by atoms with van der Waals surface area (Å²) in [5.74, 6) is 0.508. The van der Waals surface area contributed by atoms with Crippen molar-refractivity contribution in [3.8, 4) is 5.75 Å². The number of amides is 1. The van der Waals surface area contributed by atoms with Crippen LogP contribution in [0.5, 0.6) is 5.75 Å². The molecule has 0 radical (unpaired) electrons. The van der Waals surface area contributed by atoms with Gasteiger partial charge in [0, 0.05) is 62.9 Å². The Labute approximate surface area is 185 Å². The number of piperidine rings is 1. The molecule has 32 heavy (non-hydrogen) atoms. The average molecular weight is 439 g/mol. The average Bonchev–Trinajstić information content (AvgIpc) is 3.33. The van der Waals surface area contributed by atoms with Crippen LogP contribution in [-0.4, -0.2) is 51.4 Å². The van der Waals surface area contributed by atoms with E-state index in [9.17, 15) is 9.18 Å². The number of hydrogen-bond donors (Lipinski definition) is 2. The van der Waals surface area contributed by atoms with Crippen LogP contribution in [0, 0.1) is 0 Å². The lowest BCUT2D eigenvalue weighted by Crippen LogP contribution is -2.46. The van der Waals surface area contributed by atoms with Crippen LogP contribution in [0.2, 0.25) is 0 Å². The maximum absolute atomic E-state index is 14.7. The first kappa shape index (κ1) is 20.7. The number of ether oxygens (including phenoxy) is 1. The predicted octanol–water partition coefficient (Wildman–Crippen LogP) is 2.96. The minimum atomic E-state index is -1.34. The van der Waals surface area contributed by atoms with Crippen molar-refractivity contribution in [1.82, 2.24) is 14.6 Å². The Hall–Kier alpha value is -3.20. The molecule has 0 saturated carbocycles. The SMILES string of the molecule is CC1(C)Cc2cc(NC(=O)c3cnn4cccnc34)c(N3CCC(F)(CN)CC3)cc2O1. The number of fused-ring (bicyclic) bond motifs is 2. The first-order chi connectivity index (χ1) is 15.3. The maximum Gasteiger partial charge on any atom is 0.261 e. The van der Waals surface area contributed by atoms with E-state index in [1.165, 1.54) is 6.20 Å². The van der Waals surface area contributed by atoms with E-state index < -0.39 is 5.67 Å². The largest absolute Gasteiger partial charge is 0.487 e. The van der Waals surface area contributed by atoms with Gasteiger partial charge in [-0.15, -0.1) is 0 Å². The molecule has 2 aliphatic rings. The van der Waals surface area contributed by atoms with Gasteiger partial charge in [0.25, 0.3) is 5.91 Å². The van der Waals surface area contributed by atoms with Gasteiger partial charge in [0.2, 0.25) is 0 Å². The lowest BCUT2D eigenvalue weighted by Gasteiger charge is -2.38. The van der Waals surface area contributed by atoms with Crippen molar-refractivity contribution in [2.75, 3.05) is 29.9 Å². The maximum atomic E-state index is 14.7. The lowest BCUT2D eigenvalue weighted by atomic mass is 9.93. The monoisotopic (exact) mass is 438 g/mol. The number of nitrogens with two attached hydrogens (primary N) is 1. The number of nitrogens with zero attached hydrogens (tertiary/aromatic N) is 4. The summed E-state index contributed by atoms with van der Waals surface area (Å²) in [6.07, 6.45) is 6.31. The minimum absolute atomic E-state index is 0.0215. The Balaban J connectivity index is 1.49. The third-order valence-corrected chi connectivity index (χ3v) is 6.32. The number of carbonyl (C=O) groups is 1. The van der Waals surface area contributed by atoms with E-state index in [4.69, 9.17) is 10.5 Å². The number of rotatable bonds is 4. The summed E-state index contributed by atoms with van der Waals surface area (Å²) < 4.78 is 22.4. The summed E-state index contributed by atoms with van der Waals surface area (Å²) in [4.78, 5) is 19.5. The second-order valence-electron chi connectivity index (χ2n) is 9.26. The van der Waals surface area contributed by atoms with Crippen molar-refractivity contribution in [2.24, 2.45) is 5.73 Å². The van der Waals surface area contributed by atoms with Crippen molar-refractivity contribution in [3.63, 3.8) is 0 Å². The van der Waals surface area contributed by atoms with Crippen LogP contribution >= 0.6 is 0 Å².